The van der Waals surface area contributed by atoms with Crippen LogP contribution >= 0.6 is 23.2 Å². The molecule has 3 atom stereocenters. The molecule has 1 aliphatic carbocycles. The third kappa shape index (κ3) is 2.73. The van der Waals surface area contributed by atoms with Gasteiger partial charge in [-0.05, 0) is 41.3 Å². The van der Waals surface area contributed by atoms with Crippen LogP contribution in [0.15, 0.2) is 42.5 Å². The molecule has 0 saturated heterocycles. The summed E-state index contributed by atoms with van der Waals surface area (Å²) in [6.07, 6.45) is 0.382. The average molecular weight is 332 g/mol. The fourth-order valence-electron chi connectivity index (χ4n) is 3.07. The summed E-state index contributed by atoms with van der Waals surface area (Å²) in [5, 5.41) is 18.6. The molecule has 1 saturated carbocycles. The van der Waals surface area contributed by atoms with Crippen LogP contribution in [0.25, 0.3) is 0 Å². The van der Waals surface area contributed by atoms with E-state index in [9.17, 15) is 5.11 Å². The van der Waals surface area contributed by atoms with Gasteiger partial charge in [0.15, 0.2) is 5.06 Å². The number of hydrogen-bond acceptors (Lipinski definition) is 2. The summed E-state index contributed by atoms with van der Waals surface area (Å²) in [6.45, 7) is 1.97. The van der Waals surface area contributed by atoms with E-state index in [0.29, 0.717) is 11.4 Å². The molecule has 0 spiro atoms. The van der Waals surface area contributed by atoms with Gasteiger partial charge in [-0.1, -0.05) is 53.5 Å². The van der Waals surface area contributed by atoms with Crippen LogP contribution in [-0.2, 0) is 6.42 Å². The van der Waals surface area contributed by atoms with Crippen LogP contribution in [0.3, 0.4) is 0 Å². The molecule has 0 aliphatic heterocycles. The van der Waals surface area contributed by atoms with Gasteiger partial charge in [-0.15, -0.1) is 0 Å². The van der Waals surface area contributed by atoms with Gasteiger partial charge >= 0.3 is 0 Å². The van der Waals surface area contributed by atoms with Gasteiger partial charge in [0.05, 0.1) is 12.5 Å². The highest BCUT2D eigenvalue weighted by molar-refractivity contribution is 6.30. The molecule has 1 aliphatic rings. The monoisotopic (exact) mass is 331 g/mol. The standard InChI is InChI=1S/C18H15Cl2NO/c1-11-8-14(10-15(19)9-11)17-16(18(17,20)22)13-4-2-12(3-5-13)6-7-21/h2-5,8-10,16-17,22H,6H2,1H3. The van der Waals surface area contributed by atoms with Crippen molar-refractivity contribution in [1.82, 2.24) is 0 Å². The van der Waals surface area contributed by atoms with Crippen molar-refractivity contribution in [2.24, 2.45) is 0 Å². The molecule has 22 heavy (non-hydrogen) atoms. The van der Waals surface area contributed by atoms with Crippen molar-refractivity contribution in [2.75, 3.05) is 0 Å². The number of halogens is 2. The summed E-state index contributed by atoms with van der Waals surface area (Å²) < 4.78 is 0. The smallest absolute Gasteiger partial charge is 0.153 e. The predicted molar refractivity (Wildman–Crippen MR) is 88.2 cm³/mol. The molecule has 0 heterocycles. The third-order valence-electron chi connectivity index (χ3n) is 4.14. The summed E-state index contributed by atoms with van der Waals surface area (Å²) in [5.74, 6) is -0.337. The fraction of sp³-hybridized carbons (Fsp3) is 0.278. The topological polar surface area (TPSA) is 44.0 Å². The lowest BCUT2D eigenvalue weighted by molar-refractivity contribution is 0.224. The number of aryl methyl sites for hydroxylation is 1. The Balaban J connectivity index is 1.90. The van der Waals surface area contributed by atoms with Gasteiger partial charge in [0.25, 0.3) is 0 Å². The fourth-order valence-corrected chi connectivity index (χ4v) is 3.81. The predicted octanol–water partition coefficient (Wildman–Crippen LogP) is 4.52. The minimum absolute atomic E-state index is 0.164. The molecule has 1 N–H and O–H groups in total. The third-order valence-corrected chi connectivity index (χ3v) is 4.83. The molecule has 2 nitrogen and oxygen atoms in total. The molecular formula is C18H15Cl2NO. The Morgan fingerprint density at radius 1 is 1.14 bits per heavy atom. The first-order chi connectivity index (χ1) is 10.4. The Labute approximate surface area is 139 Å². The Bertz CT molecular complexity index is 726. The Hall–Kier alpha value is -1.53. The maximum atomic E-state index is 10.5. The molecule has 0 bridgehead atoms. The molecule has 3 unspecified atom stereocenters. The second kappa shape index (κ2) is 5.59. The summed E-state index contributed by atoms with van der Waals surface area (Å²) in [6, 6.07) is 15.5. The first-order valence-electron chi connectivity index (χ1n) is 7.07. The van der Waals surface area contributed by atoms with Gasteiger partial charge in [-0.3, -0.25) is 0 Å². The van der Waals surface area contributed by atoms with Gasteiger partial charge in [0.1, 0.15) is 0 Å². The normalized spacial score (nSPS) is 26.5. The number of nitriles is 1. The molecule has 4 heteroatoms. The van der Waals surface area contributed by atoms with Crippen molar-refractivity contribution in [2.45, 2.75) is 30.2 Å². The van der Waals surface area contributed by atoms with Crippen molar-refractivity contribution in [3.05, 3.63) is 69.7 Å². The van der Waals surface area contributed by atoms with Gasteiger partial charge in [0, 0.05) is 16.9 Å². The second-order valence-corrected chi connectivity index (χ2v) is 6.86. The van der Waals surface area contributed by atoms with E-state index in [4.69, 9.17) is 28.5 Å². The van der Waals surface area contributed by atoms with Crippen molar-refractivity contribution >= 4 is 23.2 Å². The lowest BCUT2D eigenvalue weighted by Crippen LogP contribution is -2.00. The number of hydrogen-bond donors (Lipinski definition) is 1. The largest absolute Gasteiger partial charge is 0.374 e. The van der Waals surface area contributed by atoms with Crippen LogP contribution in [0, 0.1) is 18.3 Å². The molecule has 0 amide bonds. The van der Waals surface area contributed by atoms with E-state index in [1.165, 1.54) is 0 Å². The first kappa shape index (κ1) is 15.4. The van der Waals surface area contributed by atoms with E-state index in [2.05, 4.69) is 6.07 Å². The van der Waals surface area contributed by atoms with E-state index < -0.39 is 5.06 Å². The zero-order chi connectivity index (χ0) is 15.9. The van der Waals surface area contributed by atoms with Crippen molar-refractivity contribution in [3.63, 3.8) is 0 Å². The highest BCUT2D eigenvalue weighted by Crippen LogP contribution is 2.66. The number of rotatable bonds is 3. The van der Waals surface area contributed by atoms with Crippen LogP contribution in [0.4, 0.5) is 0 Å². The van der Waals surface area contributed by atoms with E-state index in [1.54, 1.807) is 0 Å². The van der Waals surface area contributed by atoms with Crippen molar-refractivity contribution < 1.29 is 5.11 Å². The van der Waals surface area contributed by atoms with E-state index in [0.717, 1.165) is 22.3 Å². The van der Waals surface area contributed by atoms with Crippen LogP contribution in [-0.4, -0.2) is 10.2 Å². The van der Waals surface area contributed by atoms with Crippen LogP contribution in [0.1, 0.15) is 34.1 Å². The van der Waals surface area contributed by atoms with Gasteiger partial charge in [-0.25, -0.2) is 0 Å². The van der Waals surface area contributed by atoms with E-state index >= 15 is 0 Å². The van der Waals surface area contributed by atoms with Gasteiger partial charge in [-0.2, -0.15) is 5.26 Å². The SMILES string of the molecule is Cc1cc(Cl)cc(C2C(c3ccc(CC#N)cc3)C2(O)Cl)c1. The summed E-state index contributed by atoms with van der Waals surface area (Å²) >= 11 is 12.4. The van der Waals surface area contributed by atoms with Crippen molar-refractivity contribution in [3.8, 4) is 6.07 Å². The zero-order valence-electron chi connectivity index (χ0n) is 12.1. The lowest BCUT2D eigenvalue weighted by Gasteiger charge is -2.04. The number of alkyl halides is 1. The molecular weight excluding hydrogens is 317 g/mol. The molecule has 2 aromatic rings. The molecule has 2 aromatic carbocycles. The van der Waals surface area contributed by atoms with E-state index in [1.807, 2.05) is 49.4 Å². The van der Waals surface area contributed by atoms with E-state index in [-0.39, 0.29) is 11.8 Å². The Morgan fingerprint density at radius 2 is 1.77 bits per heavy atom. The molecule has 0 aromatic heterocycles. The minimum atomic E-state index is -1.28. The van der Waals surface area contributed by atoms with Crippen LogP contribution < -0.4 is 0 Å². The number of nitrogens with zero attached hydrogens (tertiary/aromatic N) is 1. The zero-order valence-corrected chi connectivity index (χ0v) is 13.6. The minimum Gasteiger partial charge on any atom is -0.374 e. The Kier molecular flexibility index (Phi) is 3.91. The lowest BCUT2D eigenvalue weighted by atomic mass is 10.0. The van der Waals surface area contributed by atoms with Crippen LogP contribution in [0.2, 0.25) is 5.02 Å². The summed E-state index contributed by atoms with van der Waals surface area (Å²) in [5.41, 5.74) is 3.93. The molecule has 3 rings (SSSR count). The summed E-state index contributed by atoms with van der Waals surface area (Å²) in [4.78, 5) is 0. The van der Waals surface area contributed by atoms with Gasteiger partial charge in [0.2, 0.25) is 0 Å². The number of benzene rings is 2. The molecule has 1 fully saturated rings. The maximum absolute atomic E-state index is 10.5. The molecule has 0 radical (unpaired) electrons. The second-order valence-electron chi connectivity index (χ2n) is 5.82. The number of aliphatic hydroxyl groups is 1. The van der Waals surface area contributed by atoms with Crippen molar-refractivity contribution in [1.29, 1.82) is 5.26 Å². The highest BCUT2D eigenvalue weighted by Gasteiger charge is 2.64. The molecule has 112 valence electrons. The van der Waals surface area contributed by atoms with Crippen LogP contribution in [0.5, 0.6) is 0 Å². The Morgan fingerprint density at radius 3 is 2.36 bits per heavy atom. The quantitative estimate of drug-likeness (QED) is 0.840. The average Bonchev–Trinajstić information content (AvgIpc) is 3.02. The summed E-state index contributed by atoms with van der Waals surface area (Å²) in [7, 11) is 0. The highest BCUT2D eigenvalue weighted by atomic mass is 35.5. The van der Waals surface area contributed by atoms with Gasteiger partial charge < -0.3 is 5.11 Å². The first-order valence-corrected chi connectivity index (χ1v) is 7.83. The maximum Gasteiger partial charge on any atom is 0.153 e.